The summed E-state index contributed by atoms with van der Waals surface area (Å²) in [5, 5.41) is 2.89. The minimum atomic E-state index is -0.684. The smallest absolute Gasteiger partial charge is 0.318 e. The summed E-state index contributed by atoms with van der Waals surface area (Å²) < 4.78 is 1.34. The van der Waals surface area contributed by atoms with Crippen LogP contribution in [0.25, 0.3) is 11.2 Å². The molecule has 0 aliphatic heterocycles. The van der Waals surface area contributed by atoms with Crippen LogP contribution in [0.15, 0.2) is 52.2 Å². The predicted molar refractivity (Wildman–Crippen MR) is 104 cm³/mol. The molecule has 0 atom stereocenters. The van der Waals surface area contributed by atoms with Crippen LogP contribution >= 0.6 is 0 Å². The molecule has 0 aliphatic carbocycles. The third-order valence-corrected chi connectivity index (χ3v) is 4.29. The molecular formula is C20H22N4O3. The first-order valence-corrected chi connectivity index (χ1v) is 8.90. The standard InChI is InChI=1S/C20H22N4O3/c1-13(2)9-11-22-18(25)15-7-5-14(6-8-15)12-24-17-16(4-3-10-21-17)23-19(26)20(24)27/h3-8,10,13H,9,11-12H2,1-2H3,(H,22,25)(H,23,26). The fraction of sp³-hybridized carbons (Fsp3) is 0.300. The molecule has 2 aromatic heterocycles. The molecule has 0 saturated heterocycles. The second-order valence-corrected chi connectivity index (χ2v) is 6.86. The molecule has 7 heteroatoms. The van der Waals surface area contributed by atoms with Crippen LogP contribution in [0.2, 0.25) is 0 Å². The second-order valence-electron chi connectivity index (χ2n) is 6.86. The number of fused-ring (bicyclic) bond motifs is 1. The lowest BCUT2D eigenvalue weighted by Crippen LogP contribution is -2.36. The average molecular weight is 366 g/mol. The Bertz CT molecular complexity index is 1070. The molecule has 0 radical (unpaired) electrons. The summed E-state index contributed by atoms with van der Waals surface area (Å²) in [6.07, 6.45) is 2.50. The van der Waals surface area contributed by atoms with Crippen LogP contribution in [-0.4, -0.2) is 27.0 Å². The second kappa shape index (κ2) is 7.99. The molecule has 3 rings (SSSR count). The number of pyridine rings is 1. The number of nitrogens with one attached hydrogen (secondary N) is 2. The Morgan fingerprint density at radius 2 is 1.93 bits per heavy atom. The third-order valence-electron chi connectivity index (χ3n) is 4.29. The fourth-order valence-electron chi connectivity index (χ4n) is 2.77. The van der Waals surface area contributed by atoms with Gasteiger partial charge in [0.05, 0.1) is 12.1 Å². The minimum absolute atomic E-state index is 0.123. The molecule has 140 valence electrons. The maximum absolute atomic E-state index is 12.3. The zero-order valence-corrected chi connectivity index (χ0v) is 15.4. The number of nitrogens with zero attached hydrogens (tertiary/aromatic N) is 2. The van der Waals surface area contributed by atoms with E-state index in [0.29, 0.717) is 29.2 Å². The zero-order valence-electron chi connectivity index (χ0n) is 15.4. The first-order valence-electron chi connectivity index (χ1n) is 8.90. The number of hydrogen-bond donors (Lipinski definition) is 2. The number of hydrogen-bond acceptors (Lipinski definition) is 4. The normalized spacial score (nSPS) is 11.1. The van der Waals surface area contributed by atoms with Crippen molar-refractivity contribution in [3.8, 4) is 0 Å². The Morgan fingerprint density at radius 1 is 1.19 bits per heavy atom. The van der Waals surface area contributed by atoms with Crippen LogP contribution in [0.1, 0.15) is 36.2 Å². The summed E-state index contributed by atoms with van der Waals surface area (Å²) >= 11 is 0. The number of benzene rings is 1. The van der Waals surface area contributed by atoms with E-state index < -0.39 is 11.1 Å². The van der Waals surface area contributed by atoms with Crippen LogP contribution in [0, 0.1) is 5.92 Å². The van der Waals surface area contributed by atoms with E-state index in [1.54, 1.807) is 42.6 Å². The summed E-state index contributed by atoms with van der Waals surface area (Å²) in [6, 6.07) is 10.4. The SMILES string of the molecule is CC(C)CCNC(=O)c1ccc(Cn2c(=O)c(=O)[nH]c3cccnc32)cc1. The number of carbonyl (C=O) groups excluding carboxylic acids is 1. The van der Waals surface area contributed by atoms with Crippen molar-refractivity contribution < 1.29 is 4.79 Å². The van der Waals surface area contributed by atoms with Crippen molar-refractivity contribution in [3.05, 3.63) is 74.4 Å². The Labute approximate surface area is 156 Å². The topological polar surface area (TPSA) is 96.9 Å². The van der Waals surface area contributed by atoms with Gasteiger partial charge in [-0.2, -0.15) is 0 Å². The molecule has 2 N–H and O–H groups in total. The highest BCUT2D eigenvalue weighted by atomic mass is 16.2. The molecule has 0 saturated carbocycles. The van der Waals surface area contributed by atoms with Gasteiger partial charge in [0, 0.05) is 18.3 Å². The summed E-state index contributed by atoms with van der Waals surface area (Å²) in [4.78, 5) is 43.0. The first kappa shape index (κ1) is 18.6. The fourth-order valence-corrected chi connectivity index (χ4v) is 2.77. The van der Waals surface area contributed by atoms with E-state index in [9.17, 15) is 14.4 Å². The van der Waals surface area contributed by atoms with Gasteiger partial charge in [-0.15, -0.1) is 0 Å². The lowest BCUT2D eigenvalue weighted by molar-refractivity contribution is 0.0952. The summed E-state index contributed by atoms with van der Waals surface area (Å²) in [7, 11) is 0. The molecule has 1 aromatic carbocycles. The van der Waals surface area contributed by atoms with Crippen molar-refractivity contribution >= 4 is 17.1 Å². The van der Waals surface area contributed by atoms with Gasteiger partial charge >= 0.3 is 11.1 Å². The number of rotatable bonds is 6. The van der Waals surface area contributed by atoms with E-state index >= 15 is 0 Å². The van der Waals surface area contributed by atoms with Gasteiger partial charge < -0.3 is 10.3 Å². The third kappa shape index (κ3) is 4.31. The van der Waals surface area contributed by atoms with Gasteiger partial charge in [-0.05, 0) is 42.2 Å². The van der Waals surface area contributed by atoms with E-state index in [2.05, 4.69) is 29.1 Å². The van der Waals surface area contributed by atoms with Crippen LogP contribution in [0.3, 0.4) is 0 Å². The predicted octanol–water partition coefficient (Wildman–Crippen LogP) is 1.91. The van der Waals surface area contributed by atoms with Crippen molar-refractivity contribution in [3.63, 3.8) is 0 Å². The Morgan fingerprint density at radius 3 is 2.63 bits per heavy atom. The van der Waals surface area contributed by atoms with Crippen LogP contribution in [-0.2, 0) is 6.54 Å². The summed E-state index contributed by atoms with van der Waals surface area (Å²) in [5.41, 5.74) is 0.936. The van der Waals surface area contributed by atoms with Crippen LogP contribution in [0.4, 0.5) is 0 Å². The van der Waals surface area contributed by atoms with Gasteiger partial charge in [0.25, 0.3) is 5.91 Å². The molecule has 7 nitrogen and oxygen atoms in total. The highest BCUT2D eigenvalue weighted by Crippen LogP contribution is 2.09. The van der Waals surface area contributed by atoms with Gasteiger partial charge in [0.2, 0.25) is 0 Å². The van der Waals surface area contributed by atoms with Gasteiger partial charge in [0.15, 0.2) is 5.65 Å². The van der Waals surface area contributed by atoms with Crippen LogP contribution in [0.5, 0.6) is 0 Å². The van der Waals surface area contributed by atoms with E-state index in [1.165, 1.54) is 4.57 Å². The Hall–Kier alpha value is -3.22. The molecule has 0 fully saturated rings. The molecule has 27 heavy (non-hydrogen) atoms. The van der Waals surface area contributed by atoms with Gasteiger partial charge in [-0.3, -0.25) is 19.0 Å². The molecule has 0 unspecified atom stereocenters. The number of aromatic amines is 1. The van der Waals surface area contributed by atoms with Crippen molar-refractivity contribution in [2.24, 2.45) is 5.92 Å². The maximum atomic E-state index is 12.3. The van der Waals surface area contributed by atoms with Crippen LogP contribution < -0.4 is 16.4 Å². The van der Waals surface area contributed by atoms with Gasteiger partial charge in [-0.1, -0.05) is 26.0 Å². The highest BCUT2D eigenvalue weighted by molar-refractivity contribution is 5.94. The van der Waals surface area contributed by atoms with Gasteiger partial charge in [0.1, 0.15) is 0 Å². The molecule has 1 amide bonds. The molecular weight excluding hydrogens is 344 g/mol. The van der Waals surface area contributed by atoms with Crippen molar-refractivity contribution in [2.45, 2.75) is 26.8 Å². The molecule has 3 aromatic rings. The molecule has 2 heterocycles. The Balaban J connectivity index is 1.81. The molecule has 0 spiro atoms. The number of aromatic nitrogens is 3. The number of H-pyrrole nitrogens is 1. The van der Waals surface area contributed by atoms with Crippen molar-refractivity contribution in [1.82, 2.24) is 19.9 Å². The highest BCUT2D eigenvalue weighted by Gasteiger charge is 2.10. The van der Waals surface area contributed by atoms with E-state index in [1.807, 2.05) is 0 Å². The van der Waals surface area contributed by atoms with Crippen molar-refractivity contribution in [1.29, 1.82) is 0 Å². The first-order chi connectivity index (χ1) is 13.0. The quantitative estimate of drug-likeness (QED) is 0.651. The summed E-state index contributed by atoms with van der Waals surface area (Å²) in [6.45, 7) is 5.05. The minimum Gasteiger partial charge on any atom is -0.352 e. The average Bonchev–Trinajstić information content (AvgIpc) is 2.65. The van der Waals surface area contributed by atoms with E-state index in [4.69, 9.17) is 0 Å². The van der Waals surface area contributed by atoms with E-state index in [0.717, 1.165) is 12.0 Å². The number of carbonyl (C=O) groups is 1. The van der Waals surface area contributed by atoms with E-state index in [-0.39, 0.29) is 12.5 Å². The molecule has 0 aliphatic rings. The largest absolute Gasteiger partial charge is 0.352 e. The summed E-state index contributed by atoms with van der Waals surface area (Å²) in [5.74, 6) is 0.408. The Kier molecular flexibility index (Phi) is 5.49. The zero-order chi connectivity index (χ0) is 19.4. The monoisotopic (exact) mass is 366 g/mol. The lowest BCUT2D eigenvalue weighted by atomic mass is 10.1. The lowest BCUT2D eigenvalue weighted by Gasteiger charge is -2.10. The van der Waals surface area contributed by atoms with Gasteiger partial charge in [-0.25, -0.2) is 4.98 Å². The molecule has 0 bridgehead atoms. The maximum Gasteiger partial charge on any atom is 0.318 e. The number of amides is 1. The van der Waals surface area contributed by atoms with Crippen molar-refractivity contribution in [2.75, 3.05) is 6.54 Å².